The molecule has 7 nitrogen and oxygen atoms in total. The van der Waals surface area contributed by atoms with Crippen LogP contribution >= 0.6 is 0 Å². The van der Waals surface area contributed by atoms with Crippen LogP contribution in [0.4, 0.5) is 14.9 Å². The van der Waals surface area contributed by atoms with E-state index in [2.05, 4.69) is 16.2 Å². The summed E-state index contributed by atoms with van der Waals surface area (Å²) in [5.41, 5.74) is 7.51. The van der Waals surface area contributed by atoms with Gasteiger partial charge in [0.05, 0.1) is 12.3 Å². The van der Waals surface area contributed by atoms with Gasteiger partial charge in [0.25, 0.3) is 0 Å². The predicted molar refractivity (Wildman–Crippen MR) is 107 cm³/mol. The Hall–Kier alpha value is -2.35. The number of imide groups is 1. The van der Waals surface area contributed by atoms with Gasteiger partial charge >= 0.3 is 6.03 Å². The first kappa shape index (κ1) is 19.9. The highest BCUT2D eigenvalue weighted by atomic mass is 19.1. The highest BCUT2D eigenvalue weighted by Gasteiger charge is 2.41. The maximum Gasteiger partial charge on any atom is 0.324 e. The Morgan fingerprint density at radius 3 is 2.72 bits per heavy atom. The quantitative estimate of drug-likeness (QED) is 0.283. The van der Waals surface area contributed by atoms with Crippen molar-refractivity contribution < 1.29 is 18.7 Å². The van der Waals surface area contributed by atoms with E-state index in [9.17, 15) is 14.0 Å². The Bertz CT molecular complexity index is 764. The number of nitrogens with one attached hydrogen (secondary N) is 3. The van der Waals surface area contributed by atoms with Crippen LogP contribution in [0.25, 0.3) is 0 Å². The van der Waals surface area contributed by atoms with E-state index in [1.165, 1.54) is 18.9 Å². The second-order valence-corrected chi connectivity index (χ2v) is 8.52. The maximum absolute atomic E-state index is 13.9. The fourth-order valence-electron chi connectivity index (χ4n) is 3.58. The number of unbranched alkanes of at least 4 members (excludes halogenated alkanes) is 2. The molecule has 0 spiro atoms. The lowest BCUT2D eigenvalue weighted by atomic mass is 10.1. The minimum absolute atomic E-state index is 0.0877. The number of carbonyl (C=O) groups excluding carboxylic acids is 2. The van der Waals surface area contributed by atoms with Crippen molar-refractivity contribution in [2.75, 3.05) is 25.1 Å². The van der Waals surface area contributed by atoms with Crippen LogP contribution in [0, 0.1) is 11.7 Å². The van der Waals surface area contributed by atoms with Gasteiger partial charge in [0, 0.05) is 18.2 Å². The second kappa shape index (κ2) is 8.57. The summed E-state index contributed by atoms with van der Waals surface area (Å²) >= 11 is 0. The van der Waals surface area contributed by atoms with Crippen LogP contribution in [0.5, 0.6) is 5.75 Å². The molecule has 3 amide bonds. The SMILES string of the molecule is O=C1CN(CCCCCC2(NNc3ccc(F)c(OCC4CC4)c3)CC2)C(=O)N1. The van der Waals surface area contributed by atoms with Gasteiger partial charge in [0.1, 0.15) is 6.54 Å². The molecule has 0 bridgehead atoms. The topological polar surface area (TPSA) is 82.7 Å². The molecule has 3 fully saturated rings. The number of halogens is 1. The van der Waals surface area contributed by atoms with E-state index in [0.29, 0.717) is 24.8 Å². The van der Waals surface area contributed by atoms with Gasteiger partial charge in [-0.15, -0.1) is 0 Å². The van der Waals surface area contributed by atoms with Crippen LogP contribution in [0.1, 0.15) is 51.4 Å². The van der Waals surface area contributed by atoms with Crippen molar-refractivity contribution in [1.29, 1.82) is 0 Å². The zero-order chi connectivity index (χ0) is 20.3. The highest BCUT2D eigenvalue weighted by Crippen LogP contribution is 2.40. The summed E-state index contributed by atoms with van der Waals surface area (Å²) in [4.78, 5) is 24.2. The number of hydrazine groups is 1. The van der Waals surface area contributed by atoms with Crippen LogP contribution in [0.3, 0.4) is 0 Å². The molecule has 3 aliphatic rings. The lowest BCUT2D eigenvalue weighted by molar-refractivity contribution is -0.118. The van der Waals surface area contributed by atoms with E-state index >= 15 is 0 Å². The van der Waals surface area contributed by atoms with E-state index in [1.807, 2.05) is 0 Å². The summed E-state index contributed by atoms with van der Waals surface area (Å²) in [6.45, 7) is 1.39. The number of carbonyl (C=O) groups is 2. The molecule has 0 unspecified atom stereocenters. The van der Waals surface area contributed by atoms with Gasteiger partial charge < -0.3 is 15.1 Å². The molecule has 3 N–H and O–H groups in total. The van der Waals surface area contributed by atoms with Crippen LogP contribution in [0.15, 0.2) is 18.2 Å². The summed E-state index contributed by atoms with van der Waals surface area (Å²) in [6.07, 6.45) is 8.56. The Morgan fingerprint density at radius 2 is 2.03 bits per heavy atom. The van der Waals surface area contributed by atoms with Crippen LogP contribution in [-0.4, -0.2) is 42.1 Å². The standard InChI is InChI=1S/C21H29FN4O3/c22-17-7-6-16(12-18(17)29-14-15-4-5-15)24-25-21(9-10-21)8-2-1-3-11-26-13-19(27)23-20(26)28/h6-7,12,15,24-25H,1-5,8-11,13-14H2,(H,23,27,28). The third-order valence-electron chi connectivity index (χ3n) is 5.88. The van der Waals surface area contributed by atoms with Crippen molar-refractivity contribution in [3.05, 3.63) is 24.0 Å². The number of anilines is 1. The third-order valence-corrected chi connectivity index (χ3v) is 5.88. The lowest BCUT2D eigenvalue weighted by Crippen LogP contribution is -2.36. The van der Waals surface area contributed by atoms with Crippen molar-refractivity contribution in [2.45, 2.75) is 56.9 Å². The van der Waals surface area contributed by atoms with Crippen molar-refractivity contribution in [3.8, 4) is 5.75 Å². The molecule has 158 valence electrons. The van der Waals surface area contributed by atoms with E-state index in [4.69, 9.17) is 4.74 Å². The first-order chi connectivity index (χ1) is 14.0. The second-order valence-electron chi connectivity index (χ2n) is 8.52. The Morgan fingerprint density at radius 1 is 1.21 bits per heavy atom. The maximum atomic E-state index is 13.9. The van der Waals surface area contributed by atoms with Crippen molar-refractivity contribution in [1.82, 2.24) is 15.6 Å². The fraction of sp³-hybridized carbons (Fsp3) is 0.619. The smallest absolute Gasteiger partial charge is 0.324 e. The van der Waals surface area contributed by atoms with Gasteiger partial charge in [-0.25, -0.2) is 14.6 Å². The summed E-state index contributed by atoms with van der Waals surface area (Å²) in [6, 6.07) is 4.58. The van der Waals surface area contributed by atoms with Gasteiger partial charge in [-0.05, 0) is 56.6 Å². The monoisotopic (exact) mass is 404 g/mol. The minimum atomic E-state index is -0.328. The zero-order valence-corrected chi connectivity index (χ0v) is 16.6. The Kier molecular flexibility index (Phi) is 5.89. The molecule has 2 saturated carbocycles. The number of hydrogen-bond donors (Lipinski definition) is 3. The van der Waals surface area contributed by atoms with Gasteiger partial charge in [-0.3, -0.25) is 10.1 Å². The number of ether oxygens (including phenoxy) is 1. The molecule has 1 heterocycles. The molecule has 0 radical (unpaired) electrons. The molecule has 2 aliphatic carbocycles. The number of urea groups is 1. The molecule has 1 aromatic rings. The highest BCUT2D eigenvalue weighted by molar-refractivity contribution is 6.01. The molecule has 8 heteroatoms. The normalized spacial score (nSPS) is 20.0. The zero-order valence-electron chi connectivity index (χ0n) is 16.6. The molecule has 29 heavy (non-hydrogen) atoms. The summed E-state index contributed by atoms with van der Waals surface area (Å²) < 4.78 is 19.5. The van der Waals surface area contributed by atoms with Gasteiger partial charge in [-0.1, -0.05) is 12.8 Å². The number of rotatable bonds is 12. The lowest BCUT2D eigenvalue weighted by Gasteiger charge is -2.20. The molecular weight excluding hydrogens is 375 g/mol. The number of hydrogen-bond acceptors (Lipinski definition) is 5. The molecule has 0 atom stereocenters. The van der Waals surface area contributed by atoms with Crippen molar-refractivity contribution in [2.24, 2.45) is 5.92 Å². The first-order valence-electron chi connectivity index (χ1n) is 10.6. The van der Waals surface area contributed by atoms with Gasteiger partial charge in [0.15, 0.2) is 11.6 Å². The first-order valence-corrected chi connectivity index (χ1v) is 10.6. The summed E-state index contributed by atoms with van der Waals surface area (Å²) in [7, 11) is 0. The molecule has 1 saturated heterocycles. The van der Waals surface area contributed by atoms with E-state index in [-0.39, 0.29) is 29.8 Å². The van der Waals surface area contributed by atoms with Crippen molar-refractivity contribution in [3.63, 3.8) is 0 Å². The van der Waals surface area contributed by atoms with E-state index < -0.39 is 0 Å². The number of nitrogens with zero attached hydrogens (tertiary/aromatic N) is 1. The minimum Gasteiger partial charge on any atom is -0.490 e. The predicted octanol–water partition coefficient (Wildman–Crippen LogP) is 3.18. The number of benzene rings is 1. The molecule has 1 aliphatic heterocycles. The average Bonchev–Trinajstić information content (AvgIpc) is 3.61. The summed E-state index contributed by atoms with van der Waals surface area (Å²) in [5, 5.41) is 2.30. The van der Waals surface area contributed by atoms with Crippen LogP contribution < -0.4 is 20.9 Å². The molecular formula is C21H29FN4O3. The fourth-order valence-corrected chi connectivity index (χ4v) is 3.58. The summed E-state index contributed by atoms with van der Waals surface area (Å²) in [5.74, 6) is 0.340. The Labute approximate surface area is 170 Å². The molecule has 1 aromatic carbocycles. The van der Waals surface area contributed by atoms with Crippen LogP contribution in [0.2, 0.25) is 0 Å². The van der Waals surface area contributed by atoms with E-state index in [0.717, 1.165) is 44.2 Å². The molecule has 0 aromatic heterocycles. The van der Waals surface area contributed by atoms with Gasteiger partial charge in [-0.2, -0.15) is 0 Å². The van der Waals surface area contributed by atoms with Gasteiger partial charge in [0.2, 0.25) is 5.91 Å². The average molecular weight is 404 g/mol. The molecule has 4 rings (SSSR count). The number of amides is 3. The van der Waals surface area contributed by atoms with Crippen LogP contribution in [-0.2, 0) is 4.79 Å². The van der Waals surface area contributed by atoms with Crippen molar-refractivity contribution >= 4 is 17.6 Å². The van der Waals surface area contributed by atoms with E-state index in [1.54, 1.807) is 17.0 Å². The third kappa shape index (κ3) is 5.59. The Balaban J connectivity index is 1.15. The largest absolute Gasteiger partial charge is 0.490 e.